The molecule has 0 aliphatic carbocycles. The van der Waals surface area contributed by atoms with Gasteiger partial charge < -0.3 is 19.3 Å². The number of methoxy groups -OCH3 is 1. The summed E-state index contributed by atoms with van der Waals surface area (Å²) in [6.07, 6.45) is 1.46. The van der Waals surface area contributed by atoms with Crippen molar-refractivity contribution in [1.29, 1.82) is 0 Å². The Balaban J connectivity index is 1.74. The Morgan fingerprint density at radius 1 is 1.25 bits per heavy atom. The molecular formula is C24H31FN2O4S. The number of fused-ring (bicyclic) bond motifs is 1. The molecule has 8 heteroatoms. The van der Waals surface area contributed by atoms with Gasteiger partial charge in [-0.1, -0.05) is 13.8 Å². The van der Waals surface area contributed by atoms with E-state index in [0.29, 0.717) is 31.9 Å². The second-order valence-electron chi connectivity index (χ2n) is 8.18. The van der Waals surface area contributed by atoms with Gasteiger partial charge in [0, 0.05) is 37.6 Å². The van der Waals surface area contributed by atoms with E-state index >= 15 is 0 Å². The predicted octanol–water partition coefficient (Wildman–Crippen LogP) is 3.91. The summed E-state index contributed by atoms with van der Waals surface area (Å²) < 4.78 is 24.2. The molecule has 174 valence electrons. The molecule has 3 rings (SSSR count). The summed E-state index contributed by atoms with van der Waals surface area (Å²) in [5.41, 5.74) is 1.08. The molecule has 2 amide bonds. The van der Waals surface area contributed by atoms with Gasteiger partial charge in [0.2, 0.25) is 11.8 Å². The summed E-state index contributed by atoms with van der Waals surface area (Å²) in [6, 6.07) is 7.65. The van der Waals surface area contributed by atoms with E-state index in [9.17, 15) is 14.0 Å². The van der Waals surface area contributed by atoms with Crippen LogP contribution in [0.3, 0.4) is 0 Å². The SMILES string of the molecule is COCCCN(CC(=O)N1CCc2sccc2[C@H]1COc1ccc(F)cc1)C(=O)C(C)C. The Hall–Kier alpha value is -2.45. The van der Waals surface area contributed by atoms with Crippen molar-refractivity contribution in [2.45, 2.75) is 32.7 Å². The van der Waals surface area contributed by atoms with E-state index in [0.717, 1.165) is 12.0 Å². The van der Waals surface area contributed by atoms with E-state index in [1.165, 1.54) is 17.0 Å². The van der Waals surface area contributed by atoms with Crippen LogP contribution in [-0.4, -0.2) is 61.6 Å². The Morgan fingerprint density at radius 3 is 2.69 bits per heavy atom. The highest BCUT2D eigenvalue weighted by molar-refractivity contribution is 7.10. The molecule has 1 aliphatic rings. The number of amides is 2. The Labute approximate surface area is 192 Å². The third-order valence-corrected chi connectivity index (χ3v) is 6.54. The summed E-state index contributed by atoms with van der Waals surface area (Å²) in [5, 5.41) is 2.03. The highest BCUT2D eigenvalue weighted by Crippen LogP contribution is 2.34. The van der Waals surface area contributed by atoms with Crippen molar-refractivity contribution in [1.82, 2.24) is 9.80 Å². The number of thiophene rings is 1. The first-order chi connectivity index (χ1) is 15.4. The quantitative estimate of drug-likeness (QED) is 0.503. The van der Waals surface area contributed by atoms with Gasteiger partial charge in [-0.2, -0.15) is 0 Å². The van der Waals surface area contributed by atoms with E-state index in [1.54, 1.807) is 35.5 Å². The van der Waals surface area contributed by atoms with Crippen LogP contribution in [0, 0.1) is 11.7 Å². The summed E-state index contributed by atoms with van der Waals surface area (Å²) in [7, 11) is 1.62. The number of nitrogens with zero attached hydrogens (tertiary/aromatic N) is 2. The van der Waals surface area contributed by atoms with Gasteiger partial charge in [-0.05, 0) is 54.1 Å². The zero-order valence-corrected chi connectivity index (χ0v) is 19.7. The average Bonchev–Trinajstić information content (AvgIpc) is 3.26. The summed E-state index contributed by atoms with van der Waals surface area (Å²) in [6.45, 7) is 5.57. The zero-order valence-electron chi connectivity index (χ0n) is 18.9. The lowest BCUT2D eigenvalue weighted by Crippen LogP contribution is -2.48. The van der Waals surface area contributed by atoms with Crippen LogP contribution < -0.4 is 4.74 Å². The lowest BCUT2D eigenvalue weighted by atomic mass is 10.00. The number of hydrogen-bond acceptors (Lipinski definition) is 5. The first-order valence-corrected chi connectivity index (χ1v) is 11.8. The maximum absolute atomic E-state index is 13.4. The molecule has 0 saturated heterocycles. The molecule has 0 bridgehead atoms. The molecule has 0 unspecified atom stereocenters. The molecule has 0 radical (unpaired) electrons. The van der Waals surface area contributed by atoms with Crippen molar-refractivity contribution in [2.75, 3.05) is 40.0 Å². The van der Waals surface area contributed by atoms with Crippen molar-refractivity contribution in [2.24, 2.45) is 5.92 Å². The maximum Gasteiger partial charge on any atom is 0.242 e. The molecule has 0 spiro atoms. The fourth-order valence-electron chi connectivity index (χ4n) is 3.87. The van der Waals surface area contributed by atoms with Crippen molar-refractivity contribution < 1.29 is 23.5 Å². The van der Waals surface area contributed by atoms with Gasteiger partial charge in [0.15, 0.2) is 0 Å². The van der Waals surface area contributed by atoms with E-state index in [1.807, 2.05) is 30.2 Å². The molecule has 2 aromatic rings. The number of carbonyl (C=O) groups is 2. The van der Waals surface area contributed by atoms with Crippen LogP contribution in [-0.2, 0) is 20.7 Å². The van der Waals surface area contributed by atoms with Crippen LogP contribution in [0.5, 0.6) is 5.75 Å². The number of halogens is 1. The topological polar surface area (TPSA) is 59.1 Å². The predicted molar refractivity (Wildman–Crippen MR) is 122 cm³/mol. The van der Waals surface area contributed by atoms with E-state index in [-0.39, 0.29) is 42.7 Å². The van der Waals surface area contributed by atoms with Crippen LogP contribution in [0.2, 0.25) is 0 Å². The average molecular weight is 463 g/mol. The molecule has 1 atom stereocenters. The van der Waals surface area contributed by atoms with Gasteiger partial charge in [-0.25, -0.2) is 4.39 Å². The monoisotopic (exact) mass is 462 g/mol. The Morgan fingerprint density at radius 2 is 2.00 bits per heavy atom. The first-order valence-electron chi connectivity index (χ1n) is 10.9. The standard InChI is InChI=1S/C24H31FN2O4S/c1-17(2)24(29)26(11-4-13-30-3)15-23(28)27-12-9-22-20(10-14-32-22)21(27)16-31-19-7-5-18(25)6-8-19/h5-8,10,14,17,21H,4,9,11-13,15-16H2,1-3H3/t21-/m1/s1. The number of ether oxygens (including phenoxy) is 2. The molecule has 6 nitrogen and oxygen atoms in total. The lowest BCUT2D eigenvalue weighted by molar-refractivity contribution is -0.144. The van der Waals surface area contributed by atoms with Crippen LogP contribution in [0.15, 0.2) is 35.7 Å². The van der Waals surface area contributed by atoms with Crippen molar-refractivity contribution >= 4 is 23.2 Å². The van der Waals surface area contributed by atoms with Gasteiger partial charge in [-0.15, -0.1) is 11.3 Å². The molecule has 0 saturated carbocycles. The first kappa shape index (κ1) is 24.2. The number of carbonyl (C=O) groups excluding carboxylic acids is 2. The Kier molecular flexibility index (Phi) is 8.64. The summed E-state index contributed by atoms with van der Waals surface area (Å²) in [5.74, 6) is -0.0943. The van der Waals surface area contributed by atoms with Crippen LogP contribution in [0.1, 0.15) is 36.8 Å². The molecule has 1 aromatic heterocycles. The van der Waals surface area contributed by atoms with Crippen molar-refractivity contribution in [3.05, 3.63) is 52.0 Å². The number of rotatable bonds is 10. The third kappa shape index (κ3) is 6.07. The minimum atomic E-state index is -0.324. The third-order valence-electron chi connectivity index (χ3n) is 5.54. The van der Waals surface area contributed by atoms with E-state index in [4.69, 9.17) is 9.47 Å². The van der Waals surface area contributed by atoms with E-state index < -0.39 is 0 Å². The second kappa shape index (κ2) is 11.4. The molecule has 1 aliphatic heterocycles. The number of benzene rings is 1. The van der Waals surface area contributed by atoms with Gasteiger partial charge in [0.05, 0.1) is 12.6 Å². The molecular weight excluding hydrogens is 431 g/mol. The van der Waals surface area contributed by atoms with Gasteiger partial charge in [0.25, 0.3) is 0 Å². The highest BCUT2D eigenvalue weighted by Gasteiger charge is 2.33. The smallest absolute Gasteiger partial charge is 0.242 e. The molecule has 0 N–H and O–H groups in total. The van der Waals surface area contributed by atoms with Gasteiger partial charge >= 0.3 is 0 Å². The highest BCUT2D eigenvalue weighted by atomic mass is 32.1. The van der Waals surface area contributed by atoms with Crippen LogP contribution in [0.4, 0.5) is 4.39 Å². The van der Waals surface area contributed by atoms with Crippen molar-refractivity contribution in [3.63, 3.8) is 0 Å². The fourth-order valence-corrected chi connectivity index (χ4v) is 4.79. The Bertz CT molecular complexity index is 900. The lowest BCUT2D eigenvalue weighted by Gasteiger charge is -2.37. The molecule has 0 fully saturated rings. The minimum absolute atomic E-state index is 0.0350. The minimum Gasteiger partial charge on any atom is -0.491 e. The maximum atomic E-state index is 13.4. The molecule has 2 heterocycles. The summed E-state index contributed by atoms with van der Waals surface area (Å²) in [4.78, 5) is 30.8. The summed E-state index contributed by atoms with van der Waals surface area (Å²) >= 11 is 1.68. The zero-order chi connectivity index (χ0) is 23.1. The van der Waals surface area contributed by atoms with Gasteiger partial charge in [-0.3, -0.25) is 9.59 Å². The van der Waals surface area contributed by atoms with Gasteiger partial charge in [0.1, 0.15) is 18.2 Å². The molecule has 1 aromatic carbocycles. The second-order valence-corrected chi connectivity index (χ2v) is 9.18. The van der Waals surface area contributed by atoms with E-state index in [2.05, 4.69) is 0 Å². The molecule has 32 heavy (non-hydrogen) atoms. The normalized spacial score (nSPS) is 15.5. The van der Waals surface area contributed by atoms with Crippen molar-refractivity contribution in [3.8, 4) is 5.75 Å². The van der Waals surface area contributed by atoms with Crippen LogP contribution >= 0.6 is 11.3 Å². The van der Waals surface area contributed by atoms with Crippen LogP contribution in [0.25, 0.3) is 0 Å². The number of hydrogen-bond donors (Lipinski definition) is 0. The largest absolute Gasteiger partial charge is 0.491 e. The fraction of sp³-hybridized carbons (Fsp3) is 0.500.